The Labute approximate surface area is 167 Å². The molecule has 0 saturated carbocycles. The van der Waals surface area contributed by atoms with E-state index in [-0.39, 0.29) is 20.6 Å². The molecule has 1 fully saturated rings. The van der Waals surface area contributed by atoms with Crippen molar-refractivity contribution in [1.29, 1.82) is 0 Å². The lowest BCUT2D eigenvalue weighted by molar-refractivity contribution is -0.384. The summed E-state index contributed by atoms with van der Waals surface area (Å²) >= 11 is 6.09. The number of non-ortho nitro benzene ring substituents is 1. The van der Waals surface area contributed by atoms with Gasteiger partial charge < -0.3 is 0 Å². The summed E-state index contributed by atoms with van der Waals surface area (Å²) in [7, 11) is 0. The number of nitrogens with zero attached hydrogens (tertiary/aromatic N) is 2. The number of anilines is 1. The Bertz CT molecular complexity index is 1030. The maximum atomic E-state index is 13.0. The first kappa shape index (κ1) is 20.0. The van der Waals surface area contributed by atoms with Crippen molar-refractivity contribution in [1.82, 2.24) is 0 Å². The quantitative estimate of drug-likeness (QED) is 0.289. The zero-order valence-electron chi connectivity index (χ0n) is 14.2. The third-order valence-electron chi connectivity index (χ3n) is 3.99. The van der Waals surface area contributed by atoms with Crippen molar-refractivity contribution in [3.8, 4) is 0 Å². The van der Waals surface area contributed by atoms with E-state index in [2.05, 4.69) is 0 Å². The van der Waals surface area contributed by atoms with Gasteiger partial charge in [0.25, 0.3) is 11.6 Å². The van der Waals surface area contributed by atoms with E-state index in [1.807, 2.05) is 0 Å². The van der Waals surface area contributed by atoms with Crippen molar-refractivity contribution in [3.05, 3.63) is 74.2 Å². The second-order valence-corrected chi connectivity index (χ2v) is 7.54. The molecule has 10 heteroatoms. The zero-order chi connectivity index (χ0) is 20.6. The van der Waals surface area contributed by atoms with Crippen molar-refractivity contribution in [3.63, 3.8) is 0 Å². The summed E-state index contributed by atoms with van der Waals surface area (Å²) in [5.41, 5.74) is 0.146. The maximum absolute atomic E-state index is 13.0. The van der Waals surface area contributed by atoms with Crippen LogP contribution in [0.4, 0.5) is 24.5 Å². The van der Waals surface area contributed by atoms with E-state index in [0.29, 0.717) is 11.1 Å². The second-order valence-electron chi connectivity index (χ2n) is 5.86. The number of hydrogen-bond acceptors (Lipinski definition) is 5. The Morgan fingerprint density at radius 2 is 1.93 bits per heavy atom. The van der Waals surface area contributed by atoms with Crippen LogP contribution in [0, 0.1) is 17.0 Å². The van der Waals surface area contributed by atoms with Gasteiger partial charge in [0.15, 0.2) is 4.32 Å². The fourth-order valence-electron chi connectivity index (χ4n) is 2.55. The molecule has 1 aliphatic heterocycles. The highest BCUT2D eigenvalue weighted by Crippen LogP contribution is 2.38. The van der Waals surface area contributed by atoms with Gasteiger partial charge in [-0.05, 0) is 42.3 Å². The van der Waals surface area contributed by atoms with Crippen molar-refractivity contribution in [2.75, 3.05) is 4.90 Å². The topological polar surface area (TPSA) is 63.5 Å². The van der Waals surface area contributed by atoms with Gasteiger partial charge in [0.1, 0.15) is 0 Å². The average molecular weight is 424 g/mol. The molecule has 0 N–H and O–H groups in total. The van der Waals surface area contributed by atoms with Gasteiger partial charge in [-0.3, -0.25) is 19.8 Å². The smallest absolute Gasteiger partial charge is 0.268 e. The summed E-state index contributed by atoms with van der Waals surface area (Å²) in [4.78, 5) is 24.3. The molecule has 1 aliphatic rings. The van der Waals surface area contributed by atoms with Crippen LogP contribution in [0.15, 0.2) is 47.4 Å². The standard InChI is InChI=1S/C18H11F3N2O3S2/c1-10-5-6-14(23(25)26)7-11(10)8-15-16(24)22(17(27)28-15)13-4-2-3-12(9-13)18(19,20)21/h2-9H,1H3/b15-8+. The molecular formula is C18H11F3N2O3S2. The molecule has 28 heavy (non-hydrogen) atoms. The lowest BCUT2D eigenvalue weighted by atomic mass is 10.1. The van der Waals surface area contributed by atoms with E-state index < -0.39 is 22.6 Å². The van der Waals surface area contributed by atoms with Gasteiger partial charge in [-0.15, -0.1) is 0 Å². The fourth-order valence-corrected chi connectivity index (χ4v) is 3.84. The number of nitro benzene ring substituents is 1. The first-order chi connectivity index (χ1) is 13.1. The highest BCUT2D eigenvalue weighted by molar-refractivity contribution is 8.27. The van der Waals surface area contributed by atoms with Crippen LogP contribution in [0.3, 0.4) is 0 Å². The van der Waals surface area contributed by atoms with E-state index >= 15 is 0 Å². The largest absolute Gasteiger partial charge is 0.416 e. The van der Waals surface area contributed by atoms with Gasteiger partial charge in [-0.1, -0.05) is 36.1 Å². The Hall–Kier alpha value is -2.72. The molecule has 0 bridgehead atoms. The molecule has 0 radical (unpaired) electrons. The first-order valence-electron chi connectivity index (χ1n) is 7.78. The summed E-state index contributed by atoms with van der Waals surface area (Å²) in [6.45, 7) is 1.73. The summed E-state index contributed by atoms with van der Waals surface area (Å²) in [5.74, 6) is -0.583. The number of hydrogen-bond donors (Lipinski definition) is 0. The molecule has 0 spiro atoms. The molecule has 0 unspecified atom stereocenters. The Kier molecular flexibility index (Phi) is 5.26. The second kappa shape index (κ2) is 7.36. The van der Waals surface area contributed by atoms with Gasteiger partial charge in [-0.2, -0.15) is 13.2 Å². The van der Waals surface area contributed by atoms with E-state index in [1.165, 1.54) is 30.3 Å². The highest BCUT2D eigenvalue weighted by Gasteiger charge is 2.36. The summed E-state index contributed by atoms with van der Waals surface area (Å²) < 4.78 is 38.9. The van der Waals surface area contributed by atoms with Crippen LogP contribution in [-0.4, -0.2) is 15.2 Å². The Balaban J connectivity index is 1.98. The number of alkyl halides is 3. The van der Waals surface area contributed by atoms with Gasteiger partial charge >= 0.3 is 6.18 Å². The van der Waals surface area contributed by atoms with E-state index in [4.69, 9.17) is 12.2 Å². The fraction of sp³-hybridized carbons (Fsp3) is 0.111. The van der Waals surface area contributed by atoms with Crippen molar-refractivity contribution >= 4 is 51.7 Å². The van der Waals surface area contributed by atoms with E-state index in [0.717, 1.165) is 28.8 Å². The molecule has 2 aromatic rings. The molecular weight excluding hydrogens is 413 g/mol. The summed E-state index contributed by atoms with van der Waals surface area (Å²) in [5, 5.41) is 11.0. The number of rotatable bonds is 3. The number of nitro groups is 1. The molecule has 5 nitrogen and oxygen atoms in total. The average Bonchev–Trinajstić information content (AvgIpc) is 2.89. The number of carbonyl (C=O) groups is 1. The first-order valence-corrected chi connectivity index (χ1v) is 9.00. The minimum atomic E-state index is -4.55. The third-order valence-corrected chi connectivity index (χ3v) is 5.29. The number of carbonyl (C=O) groups excluding carboxylic acids is 1. The summed E-state index contributed by atoms with van der Waals surface area (Å²) in [6, 6.07) is 8.55. The van der Waals surface area contributed by atoms with Gasteiger partial charge in [-0.25, -0.2) is 0 Å². The monoisotopic (exact) mass is 424 g/mol. The molecule has 0 aliphatic carbocycles. The lowest BCUT2D eigenvalue weighted by Gasteiger charge is -2.16. The van der Waals surface area contributed by atoms with E-state index in [1.54, 1.807) is 13.0 Å². The zero-order valence-corrected chi connectivity index (χ0v) is 15.8. The van der Waals surface area contributed by atoms with E-state index in [9.17, 15) is 28.1 Å². The number of amides is 1. The minimum Gasteiger partial charge on any atom is -0.268 e. The van der Waals surface area contributed by atoms with Crippen LogP contribution in [0.25, 0.3) is 6.08 Å². The highest BCUT2D eigenvalue weighted by atomic mass is 32.2. The number of benzene rings is 2. The normalized spacial score (nSPS) is 16.1. The third kappa shape index (κ3) is 3.92. The SMILES string of the molecule is Cc1ccc([N+](=O)[O-])cc1/C=C1/SC(=S)N(c2cccc(C(F)(F)F)c2)C1=O. The van der Waals surface area contributed by atoms with Crippen LogP contribution in [0.5, 0.6) is 0 Å². The molecule has 2 aromatic carbocycles. The van der Waals surface area contributed by atoms with Crippen LogP contribution >= 0.6 is 24.0 Å². The van der Waals surface area contributed by atoms with Crippen LogP contribution in [0.2, 0.25) is 0 Å². The molecule has 144 valence electrons. The molecule has 0 aromatic heterocycles. The molecule has 0 atom stereocenters. The number of thioether (sulfide) groups is 1. The van der Waals surface area contributed by atoms with Crippen molar-refractivity contribution < 1.29 is 22.9 Å². The van der Waals surface area contributed by atoms with Gasteiger partial charge in [0.2, 0.25) is 0 Å². The van der Waals surface area contributed by atoms with Crippen LogP contribution < -0.4 is 4.90 Å². The predicted octanol–water partition coefficient (Wildman–Crippen LogP) is 5.33. The van der Waals surface area contributed by atoms with Crippen molar-refractivity contribution in [2.24, 2.45) is 0 Å². The summed E-state index contributed by atoms with van der Waals surface area (Å²) in [6.07, 6.45) is -3.10. The lowest BCUT2D eigenvalue weighted by Crippen LogP contribution is -2.27. The molecule has 1 heterocycles. The van der Waals surface area contributed by atoms with Gasteiger partial charge in [0, 0.05) is 12.1 Å². The molecule has 3 rings (SSSR count). The van der Waals surface area contributed by atoms with Crippen LogP contribution in [-0.2, 0) is 11.0 Å². The Morgan fingerprint density at radius 1 is 1.21 bits per heavy atom. The molecule has 1 saturated heterocycles. The predicted molar refractivity (Wildman–Crippen MR) is 105 cm³/mol. The minimum absolute atomic E-state index is 0.0106. The molecule has 1 amide bonds. The number of halogens is 3. The maximum Gasteiger partial charge on any atom is 0.416 e. The van der Waals surface area contributed by atoms with Gasteiger partial charge in [0.05, 0.1) is 21.1 Å². The van der Waals surface area contributed by atoms with Crippen LogP contribution in [0.1, 0.15) is 16.7 Å². The number of thiocarbonyl (C=S) groups is 1. The number of aryl methyl sites for hydroxylation is 1. The Morgan fingerprint density at radius 3 is 2.57 bits per heavy atom. The van der Waals surface area contributed by atoms with Crippen molar-refractivity contribution in [2.45, 2.75) is 13.1 Å².